The molecule has 0 atom stereocenters. The molecule has 1 fully saturated rings. The summed E-state index contributed by atoms with van der Waals surface area (Å²) < 4.78 is 0. The van der Waals surface area contributed by atoms with E-state index in [0.29, 0.717) is 22.2 Å². The molecule has 2 aromatic rings. The highest BCUT2D eigenvalue weighted by atomic mass is 32.1. The molecule has 0 saturated heterocycles. The lowest BCUT2D eigenvalue weighted by atomic mass is 9.94. The molecule has 126 valence electrons. The molecule has 1 saturated carbocycles. The van der Waals surface area contributed by atoms with E-state index in [1.165, 1.54) is 30.6 Å². The number of thiophene rings is 1. The van der Waals surface area contributed by atoms with Gasteiger partial charge in [-0.25, -0.2) is 0 Å². The molecule has 1 heterocycles. The Morgan fingerprint density at radius 2 is 1.79 bits per heavy atom. The molecule has 1 N–H and O–H groups in total. The van der Waals surface area contributed by atoms with Crippen LogP contribution in [-0.2, 0) is 0 Å². The van der Waals surface area contributed by atoms with Crippen LogP contribution in [0.1, 0.15) is 52.1 Å². The summed E-state index contributed by atoms with van der Waals surface area (Å²) in [7, 11) is 1.89. The first-order valence-corrected chi connectivity index (χ1v) is 9.25. The third-order valence-corrected chi connectivity index (χ3v) is 5.45. The smallest absolute Gasteiger partial charge is 0.265 e. The van der Waals surface area contributed by atoms with Crippen LogP contribution in [0, 0.1) is 0 Å². The fraction of sp³-hybridized carbons (Fsp3) is 0.368. The zero-order chi connectivity index (χ0) is 16.9. The molecule has 24 heavy (non-hydrogen) atoms. The van der Waals surface area contributed by atoms with E-state index in [9.17, 15) is 9.59 Å². The molecule has 0 radical (unpaired) electrons. The highest BCUT2D eigenvalue weighted by molar-refractivity contribution is 7.12. The lowest BCUT2D eigenvalue weighted by Gasteiger charge is -2.31. The molecular formula is C19H22N2O2S. The molecule has 5 heteroatoms. The maximum atomic E-state index is 12.6. The highest BCUT2D eigenvalue weighted by Crippen LogP contribution is 2.23. The van der Waals surface area contributed by atoms with Gasteiger partial charge in [0.2, 0.25) is 0 Å². The van der Waals surface area contributed by atoms with Gasteiger partial charge >= 0.3 is 0 Å². The Labute approximate surface area is 146 Å². The van der Waals surface area contributed by atoms with E-state index in [-0.39, 0.29) is 11.8 Å². The number of benzene rings is 1. The molecule has 1 aliphatic rings. The summed E-state index contributed by atoms with van der Waals surface area (Å²) in [6.45, 7) is 0. The topological polar surface area (TPSA) is 49.4 Å². The van der Waals surface area contributed by atoms with Crippen LogP contribution in [0.3, 0.4) is 0 Å². The summed E-state index contributed by atoms with van der Waals surface area (Å²) in [5.41, 5.74) is 1.36. The Bertz CT molecular complexity index is 689. The Kier molecular flexibility index (Phi) is 5.30. The minimum atomic E-state index is -0.122. The minimum Gasteiger partial charge on any atom is -0.339 e. The van der Waals surface area contributed by atoms with Gasteiger partial charge in [0.1, 0.15) is 0 Å². The van der Waals surface area contributed by atoms with Crippen LogP contribution in [-0.4, -0.2) is 29.8 Å². The summed E-state index contributed by atoms with van der Waals surface area (Å²) in [4.78, 5) is 27.2. The van der Waals surface area contributed by atoms with Crippen LogP contribution < -0.4 is 5.32 Å². The van der Waals surface area contributed by atoms with Gasteiger partial charge in [-0.1, -0.05) is 25.3 Å². The van der Waals surface area contributed by atoms with Crippen molar-refractivity contribution in [3.63, 3.8) is 0 Å². The molecule has 0 unspecified atom stereocenters. The monoisotopic (exact) mass is 342 g/mol. The highest BCUT2D eigenvalue weighted by Gasteiger charge is 2.22. The second kappa shape index (κ2) is 7.62. The van der Waals surface area contributed by atoms with Gasteiger partial charge in [-0.3, -0.25) is 9.59 Å². The number of carbonyl (C=O) groups is 2. The first kappa shape index (κ1) is 16.7. The molecule has 3 rings (SSSR count). The summed E-state index contributed by atoms with van der Waals surface area (Å²) in [5, 5.41) is 4.72. The quantitative estimate of drug-likeness (QED) is 0.895. The number of anilines is 1. The van der Waals surface area contributed by atoms with E-state index in [2.05, 4.69) is 5.32 Å². The fourth-order valence-electron chi connectivity index (χ4n) is 3.13. The Hall–Kier alpha value is -2.14. The van der Waals surface area contributed by atoms with Crippen molar-refractivity contribution in [2.75, 3.05) is 12.4 Å². The molecule has 2 amide bonds. The van der Waals surface area contributed by atoms with Crippen molar-refractivity contribution < 1.29 is 9.59 Å². The van der Waals surface area contributed by atoms with E-state index >= 15 is 0 Å². The van der Waals surface area contributed by atoms with Gasteiger partial charge in [0.15, 0.2) is 0 Å². The predicted molar refractivity (Wildman–Crippen MR) is 97.7 cm³/mol. The van der Waals surface area contributed by atoms with Gasteiger partial charge in [0.05, 0.1) is 4.88 Å². The number of amides is 2. The summed E-state index contributed by atoms with van der Waals surface area (Å²) >= 11 is 1.41. The molecule has 4 nitrogen and oxygen atoms in total. The standard InChI is InChI=1S/C19H22N2O2S/c1-21(16-6-3-2-4-7-16)19(23)14-9-11-15(12-10-14)20-18(22)17-8-5-13-24-17/h5,8-13,16H,2-4,6-7H2,1H3,(H,20,22). The maximum Gasteiger partial charge on any atom is 0.265 e. The number of nitrogens with zero attached hydrogens (tertiary/aromatic N) is 1. The van der Waals surface area contributed by atoms with Crippen molar-refractivity contribution in [2.45, 2.75) is 38.1 Å². The van der Waals surface area contributed by atoms with E-state index in [4.69, 9.17) is 0 Å². The molecule has 1 aromatic carbocycles. The van der Waals surface area contributed by atoms with Crippen molar-refractivity contribution in [1.29, 1.82) is 0 Å². The predicted octanol–water partition coefficient (Wildman–Crippen LogP) is 4.41. The molecule has 0 aliphatic heterocycles. The molecule has 1 aliphatic carbocycles. The second-order valence-electron chi connectivity index (χ2n) is 6.22. The number of hydrogen-bond acceptors (Lipinski definition) is 3. The summed E-state index contributed by atoms with van der Waals surface area (Å²) in [5.74, 6) is -0.0681. The van der Waals surface area contributed by atoms with E-state index in [0.717, 1.165) is 12.8 Å². The zero-order valence-corrected chi connectivity index (χ0v) is 14.6. The van der Waals surface area contributed by atoms with Crippen LogP contribution in [0.5, 0.6) is 0 Å². The Morgan fingerprint density at radius 3 is 2.42 bits per heavy atom. The van der Waals surface area contributed by atoms with E-state index in [1.54, 1.807) is 30.3 Å². The third-order valence-electron chi connectivity index (χ3n) is 4.58. The molecule has 0 bridgehead atoms. The molecular weight excluding hydrogens is 320 g/mol. The van der Waals surface area contributed by atoms with Crippen molar-refractivity contribution in [1.82, 2.24) is 4.90 Å². The summed E-state index contributed by atoms with van der Waals surface area (Å²) in [6.07, 6.45) is 5.87. The van der Waals surface area contributed by atoms with Gasteiger partial charge in [-0.05, 0) is 48.6 Å². The third kappa shape index (κ3) is 3.85. The average molecular weight is 342 g/mol. The Balaban J connectivity index is 1.63. The largest absolute Gasteiger partial charge is 0.339 e. The summed E-state index contributed by atoms with van der Waals surface area (Å²) in [6, 6.07) is 11.1. The van der Waals surface area contributed by atoms with E-state index < -0.39 is 0 Å². The first-order chi connectivity index (χ1) is 11.6. The second-order valence-corrected chi connectivity index (χ2v) is 7.16. The van der Waals surface area contributed by atoms with Crippen LogP contribution >= 0.6 is 11.3 Å². The van der Waals surface area contributed by atoms with Gasteiger partial charge in [0, 0.05) is 24.3 Å². The SMILES string of the molecule is CN(C(=O)c1ccc(NC(=O)c2cccs2)cc1)C1CCCCC1. The zero-order valence-electron chi connectivity index (χ0n) is 13.8. The number of rotatable bonds is 4. The van der Waals surface area contributed by atoms with Crippen LogP contribution in [0.25, 0.3) is 0 Å². The van der Waals surface area contributed by atoms with Crippen LogP contribution in [0.2, 0.25) is 0 Å². The maximum absolute atomic E-state index is 12.6. The van der Waals surface area contributed by atoms with Crippen molar-refractivity contribution >= 4 is 28.8 Å². The fourth-order valence-corrected chi connectivity index (χ4v) is 3.75. The van der Waals surface area contributed by atoms with E-state index in [1.807, 2.05) is 23.4 Å². The van der Waals surface area contributed by atoms with Gasteiger partial charge in [0.25, 0.3) is 11.8 Å². The molecule has 0 spiro atoms. The number of carbonyl (C=O) groups excluding carboxylic acids is 2. The lowest BCUT2D eigenvalue weighted by molar-refractivity contribution is 0.0696. The lowest BCUT2D eigenvalue weighted by Crippen LogP contribution is -2.38. The van der Waals surface area contributed by atoms with Gasteiger partial charge in [-0.15, -0.1) is 11.3 Å². The first-order valence-electron chi connectivity index (χ1n) is 8.37. The molecule has 1 aromatic heterocycles. The van der Waals surface area contributed by atoms with Gasteiger partial charge < -0.3 is 10.2 Å². The van der Waals surface area contributed by atoms with Crippen LogP contribution in [0.15, 0.2) is 41.8 Å². The van der Waals surface area contributed by atoms with Gasteiger partial charge in [-0.2, -0.15) is 0 Å². The van der Waals surface area contributed by atoms with Crippen molar-refractivity contribution in [2.24, 2.45) is 0 Å². The minimum absolute atomic E-state index is 0.0537. The average Bonchev–Trinajstić information content (AvgIpc) is 3.17. The normalized spacial score (nSPS) is 15.0. The number of hydrogen-bond donors (Lipinski definition) is 1. The van der Waals surface area contributed by atoms with Crippen LogP contribution in [0.4, 0.5) is 5.69 Å². The Morgan fingerprint density at radius 1 is 1.08 bits per heavy atom. The number of nitrogens with one attached hydrogen (secondary N) is 1. The van der Waals surface area contributed by atoms with Crippen molar-refractivity contribution in [3.05, 3.63) is 52.2 Å². The van der Waals surface area contributed by atoms with Crippen molar-refractivity contribution in [3.8, 4) is 0 Å².